The van der Waals surface area contributed by atoms with Gasteiger partial charge in [-0.25, -0.2) is 0 Å². The van der Waals surface area contributed by atoms with Crippen molar-refractivity contribution in [3.8, 4) is 0 Å². The zero-order valence-electron chi connectivity index (χ0n) is 12.4. The molecule has 0 spiro atoms. The standard InChI is InChI=1S/C17H21N3O/c1-2-18-13-6-5-11-20(12-13)17(21)15-9-10-19-16-8-4-3-7-14(15)16/h3-4,7-10,13,18H,2,5-6,11-12H2,1H3. The van der Waals surface area contributed by atoms with Crippen LogP contribution < -0.4 is 5.32 Å². The van der Waals surface area contributed by atoms with Crippen LogP contribution in [0.5, 0.6) is 0 Å². The molecular weight excluding hydrogens is 262 g/mol. The summed E-state index contributed by atoms with van der Waals surface area (Å²) in [5.74, 6) is 0.121. The number of pyridine rings is 1. The number of hydrogen-bond acceptors (Lipinski definition) is 3. The second kappa shape index (κ2) is 6.22. The SMILES string of the molecule is CCNC1CCCN(C(=O)c2ccnc3ccccc23)C1. The van der Waals surface area contributed by atoms with Crippen LogP contribution in [0.3, 0.4) is 0 Å². The molecule has 110 valence electrons. The van der Waals surface area contributed by atoms with E-state index in [1.54, 1.807) is 6.20 Å². The Balaban J connectivity index is 1.86. The molecule has 1 N–H and O–H groups in total. The second-order valence-electron chi connectivity index (χ2n) is 5.52. The zero-order chi connectivity index (χ0) is 14.7. The summed E-state index contributed by atoms with van der Waals surface area (Å²) in [6.45, 7) is 4.70. The third-order valence-electron chi connectivity index (χ3n) is 4.08. The number of hydrogen-bond donors (Lipinski definition) is 1. The van der Waals surface area contributed by atoms with Gasteiger partial charge >= 0.3 is 0 Å². The monoisotopic (exact) mass is 283 g/mol. The third kappa shape index (κ3) is 2.90. The lowest BCUT2D eigenvalue weighted by Crippen LogP contribution is -2.48. The molecule has 0 saturated carbocycles. The summed E-state index contributed by atoms with van der Waals surface area (Å²) in [7, 11) is 0. The van der Waals surface area contributed by atoms with E-state index in [4.69, 9.17) is 0 Å². The Morgan fingerprint density at radius 2 is 2.24 bits per heavy atom. The molecule has 2 heterocycles. The number of para-hydroxylation sites is 1. The number of fused-ring (bicyclic) bond motifs is 1. The summed E-state index contributed by atoms with van der Waals surface area (Å²) < 4.78 is 0. The average molecular weight is 283 g/mol. The molecule has 0 bridgehead atoms. The quantitative estimate of drug-likeness (QED) is 0.941. The van der Waals surface area contributed by atoms with Crippen LogP contribution in [-0.4, -0.2) is 41.5 Å². The van der Waals surface area contributed by atoms with Gasteiger partial charge in [-0.15, -0.1) is 0 Å². The molecule has 21 heavy (non-hydrogen) atoms. The number of amides is 1. The molecule has 0 radical (unpaired) electrons. The molecule has 1 aliphatic rings. The van der Waals surface area contributed by atoms with Gasteiger partial charge in [-0.1, -0.05) is 25.1 Å². The van der Waals surface area contributed by atoms with Crippen LogP contribution in [0.25, 0.3) is 10.9 Å². The minimum absolute atomic E-state index is 0.121. The van der Waals surface area contributed by atoms with Crippen LogP contribution >= 0.6 is 0 Å². The summed E-state index contributed by atoms with van der Waals surface area (Å²) in [5.41, 5.74) is 1.64. The molecule has 1 aromatic carbocycles. The van der Waals surface area contributed by atoms with E-state index in [0.717, 1.165) is 48.9 Å². The molecule has 4 nitrogen and oxygen atoms in total. The minimum Gasteiger partial charge on any atom is -0.337 e. The van der Waals surface area contributed by atoms with E-state index in [1.165, 1.54) is 0 Å². The number of likely N-dealkylation sites (tertiary alicyclic amines) is 1. The van der Waals surface area contributed by atoms with Crippen molar-refractivity contribution in [2.45, 2.75) is 25.8 Å². The van der Waals surface area contributed by atoms with Gasteiger partial charge in [-0.3, -0.25) is 9.78 Å². The number of carbonyl (C=O) groups is 1. The molecule has 0 aliphatic carbocycles. The zero-order valence-corrected chi connectivity index (χ0v) is 12.4. The van der Waals surface area contributed by atoms with Crippen molar-refractivity contribution in [3.63, 3.8) is 0 Å². The first-order valence-corrected chi connectivity index (χ1v) is 7.66. The number of piperidine rings is 1. The molecule has 2 aromatic rings. The van der Waals surface area contributed by atoms with E-state index < -0.39 is 0 Å². The van der Waals surface area contributed by atoms with E-state index in [2.05, 4.69) is 17.2 Å². The van der Waals surface area contributed by atoms with E-state index in [-0.39, 0.29) is 5.91 Å². The van der Waals surface area contributed by atoms with Crippen molar-refractivity contribution in [1.29, 1.82) is 0 Å². The van der Waals surface area contributed by atoms with E-state index in [0.29, 0.717) is 6.04 Å². The molecule has 3 rings (SSSR count). The lowest BCUT2D eigenvalue weighted by Gasteiger charge is -2.33. The first-order chi connectivity index (χ1) is 10.3. The Morgan fingerprint density at radius 3 is 3.10 bits per heavy atom. The van der Waals surface area contributed by atoms with Gasteiger partial charge in [0.15, 0.2) is 0 Å². The van der Waals surface area contributed by atoms with Crippen molar-refractivity contribution in [1.82, 2.24) is 15.2 Å². The van der Waals surface area contributed by atoms with E-state index in [1.807, 2.05) is 35.2 Å². The maximum absolute atomic E-state index is 12.8. The molecule has 4 heteroatoms. The third-order valence-corrected chi connectivity index (χ3v) is 4.08. The van der Waals surface area contributed by atoms with Gasteiger partial charge in [-0.05, 0) is 31.5 Å². The number of carbonyl (C=O) groups excluding carboxylic acids is 1. The molecule has 1 fully saturated rings. The highest BCUT2D eigenvalue weighted by Gasteiger charge is 2.24. The Hall–Kier alpha value is -1.94. The van der Waals surface area contributed by atoms with Crippen molar-refractivity contribution in [3.05, 3.63) is 42.1 Å². The summed E-state index contributed by atoms with van der Waals surface area (Å²) >= 11 is 0. The van der Waals surface area contributed by atoms with Crippen molar-refractivity contribution in [2.24, 2.45) is 0 Å². The maximum atomic E-state index is 12.8. The largest absolute Gasteiger partial charge is 0.337 e. The lowest BCUT2D eigenvalue weighted by atomic mass is 10.0. The van der Waals surface area contributed by atoms with Gasteiger partial charge in [0.05, 0.1) is 11.1 Å². The van der Waals surface area contributed by atoms with Crippen LogP contribution in [-0.2, 0) is 0 Å². The Bertz CT molecular complexity index is 633. The number of nitrogens with one attached hydrogen (secondary N) is 1. The van der Waals surface area contributed by atoms with Crippen LogP contribution in [0.2, 0.25) is 0 Å². The molecule has 1 aliphatic heterocycles. The summed E-state index contributed by atoms with van der Waals surface area (Å²) in [4.78, 5) is 19.1. The summed E-state index contributed by atoms with van der Waals surface area (Å²) in [6, 6.07) is 10.1. The number of likely N-dealkylation sites (N-methyl/N-ethyl adjacent to an activating group) is 1. The fraction of sp³-hybridized carbons (Fsp3) is 0.412. The number of rotatable bonds is 3. The predicted octanol–water partition coefficient (Wildman–Crippen LogP) is 2.45. The van der Waals surface area contributed by atoms with E-state index >= 15 is 0 Å². The van der Waals surface area contributed by atoms with Gasteiger partial charge in [0.2, 0.25) is 0 Å². The van der Waals surface area contributed by atoms with Gasteiger partial charge in [0.1, 0.15) is 0 Å². The van der Waals surface area contributed by atoms with Crippen molar-refractivity contribution >= 4 is 16.8 Å². The highest BCUT2D eigenvalue weighted by atomic mass is 16.2. The second-order valence-corrected chi connectivity index (χ2v) is 5.52. The molecule has 1 atom stereocenters. The average Bonchev–Trinajstić information content (AvgIpc) is 2.54. The van der Waals surface area contributed by atoms with Gasteiger partial charge < -0.3 is 10.2 Å². The Morgan fingerprint density at radius 1 is 1.38 bits per heavy atom. The number of aromatic nitrogens is 1. The van der Waals surface area contributed by atoms with Crippen LogP contribution in [0.1, 0.15) is 30.1 Å². The normalized spacial score (nSPS) is 18.9. The van der Waals surface area contributed by atoms with Crippen molar-refractivity contribution in [2.75, 3.05) is 19.6 Å². The minimum atomic E-state index is 0.121. The van der Waals surface area contributed by atoms with Crippen LogP contribution in [0.15, 0.2) is 36.5 Å². The number of benzene rings is 1. The summed E-state index contributed by atoms with van der Waals surface area (Å²) in [6.07, 6.45) is 3.93. The fourth-order valence-corrected chi connectivity index (χ4v) is 3.07. The smallest absolute Gasteiger partial charge is 0.254 e. The van der Waals surface area contributed by atoms with Crippen molar-refractivity contribution < 1.29 is 4.79 Å². The number of nitrogens with zero attached hydrogens (tertiary/aromatic N) is 2. The van der Waals surface area contributed by atoms with E-state index in [9.17, 15) is 4.79 Å². The van der Waals surface area contributed by atoms with Gasteiger partial charge in [0, 0.05) is 30.7 Å². The lowest BCUT2D eigenvalue weighted by molar-refractivity contribution is 0.0697. The topological polar surface area (TPSA) is 45.2 Å². The van der Waals surface area contributed by atoms with Gasteiger partial charge in [0.25, 0.3) is 5.91 Å². The van der Waals surface area contributed by atoms with Crippen LogP contribution in [0.4, 0.5) is 0 Å². The molecule has 1 aromatic heterocycles. The molecule has 1 amide bonds. The first kappa shape index (κ1) is 14.0. The molecule has 1 unspecified atom stereocenters. The van der Waals surface area contributed by atoms with Gasteiger partial charge in [-0.2, -0.15) is 0 Å². The molecule has 1 saturated heterocycles. The Labute approximate surface area is 125 Å². The maximum Gasteiger partial charge on any atom is 0.254 e. The predicted molar refractivity (Wildman–Crippen MR) is 84.3 cm³/mol. The fourth-order valence-electron chi connectivity index (χ4n) is 3.07. The first-order valence-electron chi connectivity index (χ1n) is 7.66. The Kier molecular flexibility index (Phi) is 4.15. The highest BCUT2D eigenvalue weighted by molar-refractivity contribution is 6.06. The molecular formula is C17H21N3O. The summed E-state index contributed by atoms with van der Waals surface area (Å²) in [5, 5.41) is 4.39. The highest BCUT2D eigenvalue weighted by Crippen LogP contribution is 2.20. The van der Waals surface area contributed by atoms with Crippen LogP contribution in [0, 0.1) is 0 Å².